The van der Waals surface area contributed by atoms with Gasteiger partial charge in [0, 0.05) is 5.56 Å². The number of oxazole rings is 1. The number of hydrogen-bond donors (Lipinski definition) is 1. The van der Waals surface area contributed by atoms with Gasteiger partial charge in [0.05, 0.1) is 18.3 Å². The predicted molar refractivity (Wildman–Crippen MR) is 128 cm³/mol. The van der Waals surface area contributed by atoms with Crippen molar-refractivity contribution in [2.75, 3.05) is 7.11 Å². The molecule has 4 aromatic rings. The monoisotopic (exact) mass is 441 g/mol. The molecule has 3 aromatic carbocycles. The lowest BCUT2D eigenvalue weighted by Crippen LogP contribution is -2.28. The Balaban J connectivity index is 1.58. The molecule has 0 radical (unpaired) electrons. The molecule has 0 saturated carbocycles. The number of amides is 1. The highest BCUT2D eigenvalue weighted by Gasteiger charge is 2.13. The number of ether oxygens (including phenoxy) is 1. The van der Waals surface area contributed by atoms with Crippen LogP contribution in [-0.2, 0) is 11.3 Å². The van der Waals surface area contributed by atoms with Crippen molar-refractivity contribution in [3.05, 3.63) is 106 Å². The number of allylic oxidation sites excluding steroid dienone is 1. The zero-order valence-electron chi connectivity index (χ0n) is 18.3. The van der Waals surface area contributed by atoms with Gasteiger partial charge in [-0.1, -0.05) is 42.5 Å². The fourth-order valence-corrected chi connectivity index (χ4v) is 3.32. The van der Waals surface area contributed by atoms with Gasteiger partial charge in [-0.2, -0.15) is 5.10 Å². The maximum absolute atomic E-state index is 12.6. The quantitative estimate of drug-likeness (QED) is 0.345. The number of nitrogens with zero attached hydrogens (tertiary/aromatic N) is 2. The second kappa shape index (κ2) is 9.82. The van der Waals surface area contributed by atoms with E-state index in [1.165, 1.54) is 4.57 Å². The highest BCUT2D eigenvalue weighted by atomic mass is 16.5. The molecule has 166 valence electrons. The highest BCUT2D eigenvalue weighted by molar-refractivity contribution is 6.11. The molecule has 33 heavy (non-hydrogen) atoms. The van der Waals surface area contributed by atoms with Gasteiger partial charge in [-0.15, -0.1) is 0 Å². The molecule has 0 atom stereocenters. The van der Waals surface area contributed by atoms with E-state index < -0.39 is 11.7 Å². The number of hydrazone groups is 1. The van der Waals surface area contributed by atoms with Crippen molar-refractivity contribution < 1.29 is 13.9 Å². The number of fused-ring (bicyclic) bond motifs is 1. The van der Waals surface area contributed by atoms with Crippen LogP contribution in [0.15, 0.2) is 93.2 Å². The van der Waals surface area contributed by atoms with Crippen LogP contribution in [0, 0.1) is 6.92 Å². The molecule has 7 nitrogen and oxygen atoms in total. The molecule has 0 aliphatic carbocycles. The summed E-state index contributed by atoms with van der Waals surface area (Å²) in [4.78, 5) is 24.9. The molecule has 7 heteroatoms. The van der Waals surface area contributed by atoms with E-state index in [0.717, 1.165) is 22.4 Å². The van der Waals surface area contributed by atoms with Crippen molar-refractivity contribution in [1.29, 1.82) is 0 Å². The summed E-state index contributed by atoms with van der Waals surface area (Å²) in [6, 6.07) is 22.5. The third-order valence-corrected chi connectivity index (χ3v) is 5.04. The van der Waals surface area contributed by atoms with Crippen LogP contribution in [-0.4, -0.2) is 23.3 Å². The molecule has 1 amide bonds. The SMILES string of the molecule is COc1ccc(C(/C=C/c2ccccc2)=N/NC(=O)Cn2c(=O)oc3ccc(C)cc32)cc1. The number of carbonyl (C=O) groups excluding carboxylic acids is 1. The summed E-state index contributed by atoms with van der Waals surface area (Å²) < 4.78 is 11.7. The first-order chi connectivity index (χ1) is 16.0. The Bertz CT molecular complexity index is 1380. The van der Waals surface area contributed by atoms with E-state index in [0.29, 0.717) is 16.8 Å². The van der Waals surface area contributed by atoms with E-state index >= 15 is 0 Å². The van der Waals surface area contributed by atoms with Crippen molar-refractivity contribution in [1.82, 2.24) is 9.99 Å². The number of aromatic nitrogens is 1. The average molecular weight is 441 g/mol. The van der Waals surface area contributed by atoms with E-state index in [2.05, 4.69) is 10.5 Å². The number of carbonyl (C=O) groups is 1. The number of rotatable bonds is 7. The summed E-state index contributed by atoms with van der Waals surface area (Å²) in [5, 5.41) is 4.32. The molecule has 0 aliphatic heterocycles. The number of hydrogen-bond acceptors (Lipinski definition) is 5. The minimum absolute atomic E-state index is 0.211. The van der Waals surface area contributed by atoms with Gasteiger partial charge in [-0.25, -0.2) is 10.2 Å². The van der Waals surface area contributed by atoms with E-state index in [1.807, 2.05) is 85.8 Å². The summed E-state index contributed by atoms with van der Waals surface area (Å²) in [7, 11) is 1.60. The number of methoxy groups -OCH3 is 1. The zero-order chi connectivity index (χ0) is 23.2. The van der Waals surface area contributed by atoms with Crippen molar-refractivity contribution >= 4 is 28.8 Å². The molecule has 0 fully saturated rings. The lowest BCUT2D eigenvalue weighted by atomic mass is 10.1. The molecule has 0 bridgehead atoms. The van der Waals surface area contributed by atoms with Gasteiger partial charge in [-0.05, 0) is 60.5 Å². The molecule has 0 saturated heterocycles. The lowest BCUT2D eigenvalue weighted by molar-refractivity contribution is -0.121. The number of aryl methyl sites for hydroxylation is 1. The molecule has 1 N–H and O–H groups in total. The van der Waals surface area contributed by atoms with Gasteiger partial charge in [0.2, 0.25) is 0 Å². The van der Waals surface area contributed by atoms with Gasteiger partial charge < -0.3 is 9.15 Å². The second-order valence-corrected chi connectivity index (χ2v) is 7.43. The molecule has 0 spiro atoms. The number of nitrogens with one attached hydrogen (secondary N) is 1. The molecule has 0 unspecified atom stereocenters. The summed E-state index contributed by atoms with van der Waals surface area (Å²) >= 11 is 0. The van der Waals surface area contributed by atoms with Crippen LogP contribution in [0.2, 0.25) is 0 Å². The maximum atomic E-state index is 12.6. The topological polar surface area (TPSA) is 85.8 Å². The Hall–Kier alpha value is -4.39. The summed E-state index contributed by atoms with van der Waals surface area (Å²) in [5.41, 5.74) is 6.87. The molecule has 4 rings (SSSR count). The molecule has 1 heterocycles. The third-order valence-electron chi connectivity index (χ3n) is 5.04. The summed E-state index contributed by atoms with van der Waals surface area (Å²) in [6.45, 7) is 1.70. The zero-order valence-corrected chi connectivity index (χ0v) is 18.3. The van der Waals surface area contributed by atoms with Crippen LogP contribution in [0.5, 0.6) is 5.75 Å². The molecular weight excluding hydrogens is 418 g/mol. The van der Waals surface area contributed by atoms with Crippen molar-refractivity contribution in [2.45, 2.75) is 13.5 Å². The number of benzene rings is 3. The minimum Gasteiger partial charge on any atom is -0.497 e. The smallest absolute Gasteiger partial charge is 0.420 e. The standard InChI is InChI=1S/C26H23N3O4/c1-18-8-15-24-23(16-18)29(26(31)33-24)17-25(30)28-27-22(14-9-19-6-4-3-5-7-19)20-10-12-21(32-2)13-11-20/h3-16H,17H2,1-2H3,(H,28,30)/b14-9+,27-22+. The fraction of sp³-hybridized carbons (Fsp3) is 0.115. The first kappa shape index (κ1) is 21.8. The average Bonchev–Trinajstić information content (AvgIpc) is 3.14. The van der Waals surface area contributed by atoms with E-state index in [4.69, 9.17) is 9.15 Å². The third kappa shape index (κ3) is 5.27. The van der Waals surface area contributed by atoms with Crippen LogP contribution >= 0.6 is 0 Å². The second-order valence-electron chi connectivity index (χ2n) is 7.43. The van der Waals surface area contributed by atoms with Gasteiger partial charge >= 0.3 is 5.76 Å². The normalized spacial score (nSPS) is 11.8. The first-order valence-electron chi connectivity index (χ1n) is 10.4. The highest BCUT2D eigenvalue weighted by Crippen LogP contribution is 2.15. The Morgan fingerprint density at radius 2 is 1.85 bits per heavy atom. The largest absolute Gasteiger partial charge is 0.497 e. The molecule has 1 aromatic heterocycles. The van der Waals surface area contributed by atoms with Gasteiger partial charge in [-0.3, -0.25) is 9.36 Å². The van der Waals surface area contributed by atoms with Crippen molar-refractivity contribution in [3.8, 4) is 5.75 Å². The van der Waals surface area contributed by atoms with E-state index in [-0.39, 0.29) is 6.54 Å². The van der Waals surface area contributed by atoms with Crippen LogP contribution in [0.3, 0.4) is 0 Å². The molecule has 0 aliphatic rings. The van der Waals surface area contributed by atoms with Gasteiger partial charge in [0.1, 0.15) is 12.3 Å². The van der Waals surface area contributed by atoms with Gasteiger partial charge in [0.15, 0.2) is 5.58 Å². The predicted octanol–water partition coefficient (Wildman–Crippen LogP) is 4.15. The Kier molecular flexibility index (Phi) is 6.50. The summed E-state index contributed by atoms with van der Waals surface area (Å²) in [5.74, 6) is -0.315. The Morgan fingerprint density at radius 1 is 1.09 bits per heavy atom. The maximum Gasteiger partial charge on any atom is 0.420 e. The van der Waals surface area contributed by atoms with Crippen molar-refractivity contribution in [3.63, 3.8) is 0 Å². The Labute approximate surface area is 190 Å². The van der Waals surface area contributed by atoms with Crippen molar-refractivity contribution in [2.24, 2.45) is 5.10 Å². The first-order valence-corrected chi connectivity index (χ1v) is 10.4. The van der Waals surface area contributed by atoms with E-state index in [9.17, 15) is 9.59 Å². The van der Waals surface area contributed by atoms with Crippen LogP contribution in [0.1, 0.15) is 16.7 Å². The van der Waals surface area contributed by atoms with Crippen LogP contribution in [0.25, 0.3) is 17.2 Å². The summed E-state index contributed by atoms with van der Waals surface area (Å²) in [6.07, 6.45) is 3.73. The van der Waals surface area contributed by atoms with Crippen LogP contribution in [0.4, 0.5) is 0 Å². The Morgan fingerprint density at radius 3 is 2.58 bits per heavy atom. The van der Waals surface area contributed by atoms with Gasteiger partial charge in [0.25, 0.3) is 5.91 Å². The van der Waals surface area contributed by atoms with Crippen LogP contribution < -0.4 is 15.9 Å². The molecular formula is C26H23N3O4. The minimum atomic E-state index is -0.589. The fourth-order valence-electron chi connectivity index (χ4n) is 3.32. The van der Waals surface area contributed by atoms with E-state index in [1.54, 1.807) is 13.2 Å². The lowest BCUT2D eigenvalue weighted by Gasteiger charge is -2.06.